The Kier molecular flexibility index (Phi) is 4.90. The number of carbonyl (C=O) groups excluding carboxylic acids is 1. The van der Waals surface area contributed by atoms with Crippen LogP contribution in [0, 0.1) is 0 Å². The first kappa shape index (κ1) is 19.2. The van der Waals surface area contributed by atoms with E-state index in [1.165, 1.54) is 18.2 Å². The molecule has 1 amide bonds. The van der Waals surface area contributed by atoms with Crippen molar-refractivity contribution in [3.8, 4) is 0 Å². The molecule has 0 saturated carbocycles. The van der Waals surface area contributed by atoms with Crippen LogP contribution < -0.4 is 0 Å². The summed E-state index contributed by atoms with van der Waals surface area (Å²) in [4.78, 5) is 12.6. The van der Waals surface area contributed by atoms with Crippen LogP contribution in [0.25, 0.3) is 0 Å². The Labute approximate surface area is 157 Å². The van der Waals surface area contributed by atoms with Gasteiger partial charge in [0.25, 0.3) is 0 Å². The molecule has 1 fully saturated rings. The van der Waals surface area contributed by atoms with E-state index < -0.39 is 29.7 Å². The number of ether oxygens (including phenoxy) is 1. The van der Waals surface area contributed by atoms with Gasteiger partial charge in [0.05, 0.1) is 5.70 Å². The normalized spacial score (nSPS) is 20.6. The zero-order valence-corrected chi connectivity index (χ0v) is 14.6. The van der Waals surface area contributed by atoms with Crippen molar-refractivity contribution in [2.45, 2.75) is 24.5 Å². The third kappa shape index (κ3) is 3.16. The van der Waals surface area contributed by atoms with Gasteiger partial charge in [-0.15, -0.1) is 0 Å². The zero-order chi connectivity index (χ0) is 19.8. The second-order valence-electron chi connectivity index (χ2n) is 5.98. The molecule has 3 nitrogen and oxygen atoms in total. The Morgan fingerprint density at radius 3 is 2.30 bits per heavy atom. The summed E-state index contributed by atoms with van der Waals surface area (Å²) in [6, 6.07) is 11.3. The van der Waals surface area contributed by atoms with E-state index in [9.17, 15) is 22.4 Å². The Morgan fingerprint density at radius 1 is 1.07 bits per heavy atom. The Balaban J connectivity index is 1.96. The molecule has 0 spiro atoms. The molecule has 0 bridgehead atoms. The average molecular weight is 400 g/mol. The van der Waals surface area contributed by atoms with Gasteiger partial charge in [-0.25, -0.2) is 4.79 Å². The second kappa shape index (κ2) is 6.88. The van der Waals surface area contributed by atoms with Gasteiger partial charge in [-0.2, -0.15) is 17.6 Å². The molecule has 8 heteroatoms. The number of hydrogen-bond acceptors (Lipinski definition) is 2. The molecular weight excluding hydrogens is 386 g/mol. The fourth-order valence-corrected chi connectivity index (χ4v) is 3.11. The van der Waals surface area contributed by atoms with Gasteiger partial charge < -0.3 is 4.74 Å². The van der Waals surface area contributed by atoms with E-state index in [0.717, 1.165) is 6.07 Å². The van der Waals surface area contributed by atoms with E-state index >= 15 is 0 Å². The van der Waals surface area contributed by atoms with Crippen LogP contribution >= 0.6 is 11.6 Å². The SMILES string of the molecule is C=C1N(C(=O)OCc2ccccc2)C(c2ccccc2Cl)C(F)(F)C1(F)F. The highest BCUT2D eigenvalue weighted by molar-refractivity contribution is 6.31. The molecule has 0 aliphatic carbocycles. The number of alkyl halides is 4. The van der Waals surface area contributed by atoms with Crippen molar-refractivity contribution < 1.29 is 27.1 Å². The summed E-state index contributed by atoms with van der Waals surface area (Å²) in [6.07, 6.45) is -1.36. The number of halogens is 5. The fraction of sp³-hybridized carbons (Fsp3) is 0.211. The van der Waals surface area contributed by atoms with Gasteiger partial charge in [0.1, 0.15) is 12.6 Å². The predicted octanol–water partition coefficient (Wildman–Crippen LogP) is 5.82. The van der Waals surface area contributed by atoms with Crippen LogP contribution in [0.3, 0.4) is 0 Å². The molecule has 3 rings (SSSR count). The summed E-state index contributed by atoms with van der Waals surface area (Å²) in [6.45, 7) is 2.75. The number of carbonyl (C=O) groups is 1. The van der Waals surface area contributed by atoms with E-state index in [-0.39, 0.29) is 22.1 Å². The van der Waals surface area contributed by atoms with Gasteiger partial charge in [0.15, 0.2) is 0 Å². The summed E-state index contributed by atoms with van der Waals surface area (Å²) in [7, 11) is 0. The number of amides is 1. The molecule has 2 aromatic carbocycles. The maximum atomic E-state index is 14.6. The first-order valence-corrected chi connectivity index (χ1v) is 8.25. The minimum atomic E-state index is -4.64. The minimum absolute atomic E-state index is 0.173. The van der Waals surface area contributed by atoms with Crippen molar-refractivity contribution in [1.29, 1.82) is 0 Å². The van der Waals surface area contributed by atoms with Crippen LogP contribution in [-0.4, -0.2) is 22.8 Å². The molecule has 0 aromatic heterocycles. The number of hydrogen-bond donors (Lipinski definition) is 0. The molecule has 0 radical (unpaired) electrons. The molecule has 142 valence electrons. The van der Waals surface area contributed by atoms with E-state index in [4.69, 9.17) is 16.3 Å². The topological polar surface area (TPSA) is 29.5 Å². The maximum absolute atomic E-state index is 14.6. The third-order valence-electron chi connectivity index (χ3n) is 4.28. The number of allylic oxidation sites excluding steroid dienone is 1. The zero-order valence-electron chi connectivity index (χ0n) is 13.8. The third-order valence-corrected chi connectivity index (χ3v) is 4.62. The Hall–Kier alpha value is -2.54. The van der Waals surface area contributed by atoms with Gasteiger partial charge in [-0.05, 0) is 11.6 Å². The standard InChI is InChI=1S/C19H14ClF4NO2/c1-12-18(21,22)19(23,24)16(14-9-5-6-10-15(14)20)25(12)17(26)27-11-13-7-3-2-4-8-13/h2-10,16H,1,11H2. The number of nitrogens with zero attached hydrogens (tertiary/aromatic N) is 1. The van der Waals surface area contributed by atoms with Crippen molar-refractivity contribution in [2.24, 2.45) is 0 Å². The lowest BCUT2D eigenvalue weighted by Crippen LogP contribution is -2.40. The lowest BCUT2D eigenvalue weighted by Gasteiger charge is -2.27. The quantitative estimate of drug-likeness (QED) is 0.609. The average Bonchev–Trinajstić information content (AvgIpc) is 2.78. The highest BCUT2D eigenvalue weighted by atomic mass is 35.5. The Bertz CT molecular complexity index is 873. The van der Waals surface area contributed by atoms with Gasteiger partial charge in [0, 0.05) is 10.6 Å². The first-order valence-electron chi connectivity index (χ1n) is 7.87. The second-order valence-corrected chi connectivity index (χ2v) is 6.39. The van der Waals surface area contributed by atoms with Gasteiger partial charge in [-0.1, -0.05) is 66.7 Å². The van der Waals surface area contributed by atoms with E-state index in [2.05, 4.69) is 6.58 Å². The highest BCUT2D eigenvalue weighted by Crippen LogP contribution is 2.58. The van der Waals surface area contributed by atoms with Crippen LogP contribution in [0.1, 0.15) is 17.2 Å². The van der Waals surface area contributed by atoms with Crippen LogP contribution in [0.5, 0.6) is 0 Å². The number of likely N-dealkylation sites (tertiary alicyclic amines) is 1. The van der Waals surface area contributed by atoms with E-state index in [0.29, 0.717) is 5.56 Å². The molecule has 1 unspecified atom stereocenters. The lowest BCUT2D eigenvalue weighted by molar-refractivity contribution is -0.179. The Morgan fingerprint density at radius 2 is 1.67 bits per heavy atom. The van der Waals surface area contributed by atoms with Crippen LogP contribution in [0.2, 0.25) is 5.02 Å². The summed E-state index contributed by atoms with van der Waals surface area (Å²) in [5, 5.41) is -0.173. The summed E-state index contributed by atoms with van der Waals surface area (Å²) in [5.74, 6) is -9.25. The molecule has 1 aliphatic heterocycles. The minimum Gasteiger partial charge on any atom is -0.444 e. The molecule has 1 aliphatic rings. The molecule has 1 saturated heterocycles. The van der Waals surface area contributed by atoms with Gasteiger partial charge in [0.2, 0.25) is 0 Å². The van der Waals surface area contributed by atoms with Gasteiger partial charge >= 0.3 is 17.9 Å². The molecule has 27 heavy (non-hydrogen) atoms. The molecule has 2 aromatic rings. The van der Waals surface area contributed by atoms with E-state index in [1.54, 1.807) is 30.3 Å². The maximum Gasteiger partial charge on any atom is 0.415 e. The monoisotopic (exact) mass is 399 g/mol. The smallest absolute Gasteiger partial charge is 0.415 e. The fourth-order valence-electron chi connectivity index (χ4n) is 2.87. The first-order chi connectivity index (χ1) is 12.7. The van der Waals surface area contributed by atoms with E-state index in [1.807, 2.05) is 0 Å². The van der Waals surface area contributed by atoms with Crippen LogP contribution in [0.4, 0.5) is 22.4 Å². The summed E-state index contributed by atoms with van der Waals surface area (Å²) < 4.78 is 62.5. The van der Waals surface area contributed by atoms with Crippen LogP contribution in [-0.2, 0) is 11.3 Å². The molecule has 1 heterocycles. The van der Waals surface area contributed by atoms with Gasteiger partial charge in [-0.3, -0.25) is 4.90 Å². The van der Waals surface area contributed by atoms with Crippen molar-refractivity contribution in [1.82, 2.24) is 4.90 Å². The number of benzene rings is 2. The van der Waals surface area contributed by atoms with Crippen molar-refractivity contribution in [3.63, 3.8) is 0 Å². The summed E-state index contributed by atoms with van der Waals surface area (Å²) >= 11 is 5.93. The molecular formula is C19H14ClF4NO2. The molecule has 1 atom stereocenters. The predicted molar refractivity (Wildman–Crippen MR) is 91.7 cm³/mol. The highest BCUT2D eigenvalue weighted by Gasteiger charge is 2.73. The van der Waals surface area contributed by atoms with Crippen molar-refractivity contribution in [3.05, 3.63) is 83.0 Å². The largest absolute Gasteiger partial charge is 0.444 e. The van der Waals surface area contributed by atoms with Crippen molar-refractivity contribution in [2.75, 3.05) is 0 Å². The lowest BCUT2D eigenvalue weighted by atomic mass is 9.99. The number of rotatable bonds is 3. The molecule has 0 N–H and O–H groups in total. The summed E-state index contributed by atoms with van der Waals surface area (Å²) in [5.41, 5.74) is -1.09. The van der Waals surface area contributed by atoms with Crippen molar-refractivity contribution >= 4 is 17.7 Å². The van der Waals surface area contributed by atoms with Crippen LogP contribution in [0.15, 0.2) is 66.9 Å².